The average molecular weight is 750 g/mol. The fourth-order valence-corrected chi connectivity index (χ4v) is 7.85. The van der Waals surface area contributed by atoms with Gasteiger partial charge in [-0.3, -0.25) is 14.3 Å². The number of aryl methyl sites for hydroxylation is 1. The van der Waals surface area contributed by atoms with E-state index >= 15 is 0 Å². The van der Waals surface area contributed by atoms with Crippen molar-refractivity contribution in [3.8, 4) is 11.5 Å². The lowest BCUT2D eigenvalue weighted by molar-refractivity contribution is -0.128. The SMILES string of the molecule is CCCc1cc(Cl)ccc1C1COc2ccc(C(O)C(=O)NSc3ccc(OC)cc3)cc2N(CC2CCC2C(/C=C/CCN(C)C(C)=O)OC)C1. The molecule has 1 aliphatic carbocycles. The van der Waals surface area contributed by atoms with E-state index in [1.54, 1.807) is 32.1 Å². The number of hydrogen-bond donors (Lipinski definition) is 2. The lowest BCUT2D eigenvalue weighted by Crippen LogP contribution is -2.44. The van der Waals surface area contributed by atoms with E-state index < -0.39 is 12.0 Å². The van der Waals surface area contributed by atoms with Gasteiger partial charge in [0.1, 0.15) is 11.5 Å². The van der Waals surface area contributed by atoms with Crippen LogP contribution in [0.3, 0.4) is 0 Å². The molecule has 0 spiro atoms. The Hall–Kier alpha value is -3.70. The summed E-state index contributed by atoms with van der Waals surface area (Å²) in [7, 11) is 5.18. The maximum Gasteiger partial charge on any atom is 0.263 e. The Morgan fingerprint density at radius 1 is 1.13 bits per heavy atom. The van der Waals surface area contributed by atoms with Crippen molar-refractivity contribution in [2.75, 3.05) is 52.4 Å². The predicted octanol–water partition coefficient (Wildman–Crippen LogP) is 7.61. The molecule has 5 atom stereocenters. The van der Waals surface area contributed by atoms with Crippen LogP contribution in [0.5, 0.6) is 11.5 Å². The highest BCUT2D eigenvalue weighted by Crippen LogP contribution is 2.43. The summed E-state index contributed by atoms with van der Waals surface area (Å²) in [6.45, 7) is 6.39. The standard InChI is InChI=1S/C41H52ClN3O6S/c1-6-9-28-22-32(42)13-19-35(28)31-25-45(24-30-11-18-36(30)38(50-5)10-7-8-21-44(3)27(2)46)37-23-29(12-20-39(37)51-26-31)40(47)41(48)43-52-34-16-14-33(49-4)15-17-34/h7,10,12-17,19-20,22-23,30-31,36,38,40,47H,6,8-9,11,18,21,24-26H2,1-5H3,(H,43,48)/b10-7+. The Balaban J connectivity index is 1.37. The van der Waals surface area contributed by atoms with Gasteiger partial charge in [0.2, 0.25) is 5.91 Å². The molecule has 280 valence electrons. The molecular weight excluding hydrogens is 698 g/mol. The number of rotatable bonds is 16. The molecule has 52 heavy (non-hydrogen) atoms. The van der Waals surface area contributed by atoms with E-state index in [-0.39, 0.29) is 17.9 Å². The topological polar surface area (TPSA) is 101 Å². The first-order valence-corrected chi connectivity index (χ1v) is 19.3. The van der Waals surface area contributed by atoms with Crippen molar-refractivity contribution in [2.45, 2.75) is 69.0 Å². The van der Waals surface area contributed by atoms with Crippen molar-refractivity contribution in [3.05, 3.63) is 94.5 Å². The number of fused-ring (bicyclic) bond motifs is 1. The monoisotopic (exact) mass is 749 g/mol. The van der Waals surface area contributed by atoms with E-state index in [1.165, 1.54) is 11.1 Å². The fourth-order valence-electron chi connectivity index (χ4n) is 7.05. The summed E-state index contributed by atoms with van der Waals surface area (Å²) in [6.07, 6.45) is 7.69. The maximum atomic E-state index is 13.2. The average Bonchev–Trinajstić information content (AvgIpc) is 3.32. The van der Waals surface area contributed by atoms with Crippen LogP contribution in [-0.2, 0) is 20.7 Å². The first-order valence-electron chi connectivity index (χ1n) is 18.1. The van der Waals surface area contributed by atoms with Gasteiger partial charge < -0.3 is 29.1 Å². The van der Waals surface area contributed by atoms with Crippen LogP contribution in [-0.4, -0.2) is 75.4 Å². The molecule has 1 fully saturated rings. The van der Waals surface area contributed by atoms with E-state index in [2.05, 4.69) is 40.8 Å². The zero-order chi connectivity index (χ0) is 37.2. The highest BCUT2D eigenvalue weighted by atomic mass is 35.5. The first kappa shape index (κ1) is 39.5. The molecule has 11 heteroatoms. The van der Waals surface area contributed by atoms with Crippen LogP contribution < -0.4 is 19.1 Å². The Morgan fingerprint density at radius 3 is 2.60 bits per heavy atom. The van der Waals surface area contributed by atoms with E-state index in [0.717, 1.165) is 77.7 Å². The Kier molecular flexibility index (Phi) is 14.3. The Labute approximate surface area is 317 Å². The number of nitrogens with one attached hydrogen (secondary N) is 1. The van der Waals surface area contributed by atoms with Crippen molar-refractivity contribution < 1.29 is 28.9 Å². The molecule has 2 amide bonds. The van der Waals surface area contributed by atoms with Crippen molar-refractivity contribution in [2.24, 2.45) is 11.8 Å². The highest BCUT2D eigenvalue weighted by molar-refractivity contribution is 7.98. The number of benzene rings is 3. The third-order valence-corrected chi connectivity index (χ3v) is 11.3. The first-order chi connectivity index (χ1) is 25.1. The lowest BCUT2D eigenvalue weighted by atomic mass is 9.70. The van der Waals surface area contributed by atoms with E-state index in [0.29, 0.717) is 37.1 Å². The molecule has 0 bridgehead atoms. The molecule has 2 N–H and O–H groups in total. The van der Waals surface area contributed by atoms with Gasteiger partial charge in [-0.05, 0) is 115 Å². The second kappa shape index (κ2) is 18.9. The maximum absolute atomic E-state index is 13.2. The molecular formula is C41H52ClN3O6S. The molecule has 3 aromatic rings. The lowest BCUT2D eigenvalue weighted by Gasteiger charge is -2.43. The zero-order valence-corrected chi connectivity index (χ0v) is 32.4. The van der Waals surface area contributed by atoms with E-state index in [4.69, 9.17) is 25.8 Å². The van der Waals surface area contributed by atoms with Gasteiger partial charge in [0, 0.05) is 56.6 Å². The third kappa shape index (κ3) is 10.0. The number of hydrogen-bond acceptors (Lipinski definition) is 8. The Morgan fingerprint density at radius 2 is 1.92 bits per heavy atom. The number of ether oxygens (including phenoxy) is 3. The van der Waals surface area contributed by atoms with Crippen molar-refractivity contribution in [1.82, 2.24) is 9.62 Å². The van der Waals surface area contributed by atoms with Crippen LogP contribution in [0.4, 0.5) is 5.69 Å². The molecule has 9 nitrogen and oxygen atoms in total. The minimum absolute atomic E-state index is 0.0349. The minimum Gasteiger partial charge on any atom is -0.497 e. The molecule has 0 radical (unpaired) electrons. The molecule has 1 heterocycles. The van der Waals surface area contributed by atoms with Crippen molar-refractivity contribution >= 4 is 41.1 Å². The second-order valence-electron chi connectivity index (χ2n) is 13.7. The van der Waals surface area contributed by atoms with Gasteiger partial charge in [0.15, 0.2) is 6.10 Å². The van der Waals surface area contributed by atoms with Gasteiger partial charge in [0.05, 0.1) is 25.5 Å². The number of aliphatic hydroxyl groups excluding tert-OH is 1. The van der Waals surface area contributed by atoms with E-state index in [9.17, 15) is 14.7 Å². The summed E-state index contributed by atoms with van der Waals surface area (Å²) < 4.78 is 20.5. The molecule has 0 aromatic heterocycles. The molecule has 1 saturated carbocycles. The number of halogens is 1. The molecule has 2 aliphatic rings. The van der Waals surface area contributed by atoms with Gasteiger partial charge in [-0.25, -0.2) is 0 Å². The Bertz CT molecular complexity index is 1690. The number of carbonyl (C=O) groups excluding carboxylic acids is 2. The van der Waals surface area contributed by atoms with Crippen LogP contribution in [0.2, 0.25) is 5.02 Å². The second-order valence-corrected chi connectivity index (χ2v) is 15.1. The summed E-state index contributed by atoms with van der Waals surface area (Å²) in [4.78, 5) is 29.7. The minimum atomic E-state index is -1.37. The predicted molar refractivity (Wildman–Crippen MR) is 208 cm³/mol. The summed E-state index contributed by atoms with van der Waals surface area (Å²) >= 11 is 7.60. The van der Waals surface area contributed by atoms with Crippen LogP contribution in [0.15, 0.2) is 77.7 Å². The van der Waals surface area contributed by atoms with Crippen molar-refractivity contribution in [3.63, 3.8) is 0 Å². The van der Waals surface area contributed by atoms with Gasteiger partial charge in [-0.1, -0.05) is 49.2 Å². The quantitative estimate of drug-likeness (QED) is 0.114. The van der Waals surface area contributed by atoms with Gasteiger partial charge in [-0.2, -0.15) is 0 Å². The largest absolute Gasteiger partial charge is 0.497 e. The summed E-state index contributed by atoms with van der Waals surface area (Å²) in [5.74, 6) is 1.78. The molecule has 5 unspecified atom stereocenters. The number of carbonyl (C=O) groups is 2. The molecule has 0 saturated heterocycles. The molecule has 3 aromatic carbocycles. The number of anilines is 1. The highest BCUT2D eigenvalue weighted by Gasteiger charge is 2.39. The zero-order valence-electron chi connectivity index (χ0n) is 30.8. The van der Waals surface area contributed by atoms with Crippen LogP contribution in [0.25, 0.3) is 0 Å². The summed E-state index contributed by atoms with van der Waals surface area (Å²) in [5, 5.41) is 12.0. The van der Waals surface area contributed by atoms with Gasteiger partial charge in [-0.15, -0.1) is 0 Å². The fraction of sp³-hybridized carbons (Fsp3) is 0.463. The summed E-state index contributed by atoms with van der Waals surface area (Å²) in [6, 6.07) is 19.1. The third-order valence-electron chi connectivity index (χ3n) is 10.3. The van der Waals surface area contributed by atoms with E-state index in [1.807, 2.05) is 49.5 Å². The number of methoxy groups -OCH3 is 2. The van der Waals surface area contributed by atoms with Crippen LogP contribution >= 0.6 is 23.5 Å². The van der Waals surface area contributed by atoms with Crippen molar-refractivity contribution in [1.29, 1.82) is 0 Å². The number of aliphatic hydroxyl groups is 1. The number of amides is 2. The normalized spacial score (nSPS) is 19.5. The van der Waals surface area contributed by atoms with Gasteiger partial charge >= 0.3 is 0 Å². The molecule has 1 aliphatic heterocycles. The molecule has 5 rings (SSSR count). The van der Waals surface area contributed by atoms with Gasteiger partial charge in [0.25, 0.3) is 5.91 Å². The summed E-state index contributed by atoms with van der Waals surface area (Å²) in [5.41, 5.74) is 3.83. The number of nitrogens with zero attached hydrogens (tertiary/aromatic N) is 2. The smallest absolute Gasteiger partial charge is 0.263 e. The van der Waals surface area contributed by atoms with Crippen LogP contribution in [0.1, 0.15) is 68.2 Å². The van der Waals surface area contributed by atoms with Crippen LogP contribution in [0, 0.1) is 11.8 Å².